The molecule has 2 amide bonds. The number of aryl methyl sites for hydroxylation is 1. The molecule has 0 saturated carbocycles. The molecule has 0 radical (unpaired) electrons. The Bertz CT molecular complexity index is 964. The number of aromatic nitrogens is 2. The molecule has 0 unspecified atom stereocenters. The summed E-state index contributed by atoms with van der Waals surface area (Å²) in [5, 5.41) is 10.1. The summed E-state index contributed by atoms with van der Waals surface area (Å²) in [5.41, 5.74) is 2.95. The summed E-state index contributed by atoms with van der Waals surface area (Å²) < 4.78 is 1.79. The van der Waals surface area contributed by atoms with Crippen molar-refractivity contribution in [3.63, 3.8) is 0 Å². The molecule has 6 nitrogen and oxygen atoms in total. The van der Waals surface area contributed by atoms with E-state index < -0.39 is 0 Å². The van der Waals surface area contributed by atoms with Gasteiger partial charge in [-0.25, -0.2) is 4.68 Å². The average Bonchev–Trinajstić information content (AvgIpc) is 3.21. The minimum absolute atomic E-state index is 0.137. The monoisotopic (exact) mass is 390 g/mol. The minimum atomic E-state index is -0.182. The quantitative estimate of drug-likeness (QED) is 0.614. The topological polar surface area (TPSA) is 76.0 Å². The Labute approximate surface area is 170 Å². The Hall–Kier alpha value is -3.41. The largest absolute Gasteiger partial charge is 0.352 e. The van der Waals surface area contributed by atoms with E-state index in [1.54, 1.807) is 35.1 Å². The molecular weight excluding hydrogens is 364 g/mol. The van der Waals surface area contributed by atoms with Crippen LogP contribution in [0.25, 0.3) is 5.69 Å². The van der Waals surface area contributed by atoms with E-state index in [0.29, 0.717) is 36.6 Å². The van der Waals surface area contributed by atoms with E-state index in [1.807, 2.05) is 50.4 Å². The molecule has 0 fully saturated rings. The van der Waals surface area contributed by atoms with Crippen molar-refractivity contribution in [3.8, 4) is 5.69 Å². The standard InChI is InChI=1S/C23H26N4O2/c1-17(2)14-24-23(29)20-10-6-7-11-21(20)26-22(28)13-12-18-15-25-27(16-18)19-8-4-3-5-9-19/h3-11,15-17H,12-14H2,1-2H3,(H,24,29)(H,26,28). The van der Waals surface area contributed by atoms with E-state index in [0.717, 1.165) is 11.3 Å². The van der Waals surface area contributed by atoms with Crippen molar-refractivity contribution >= 4 is 17.5 Å². The first-order valence-corrected chi connectivity index (χ1v) is 9.79. The van der Waals surface area contributed by atoms with Crippen LogP contribution in [-0.2, 0) is 11.2 Å². The van der Waals surface area contributed by atoms with Gasteiger partial charge in [-0.3, -0.25) is 9.59 Å². The van der Waals surface area contributed by atoms with Crippen LogP contribution in [0.2, 0.25) is 0 Å². The zero-order valence-corrected chi connectivity index (χ0v) is 16.8. The second-order valence-corrected chi connectivity index (χ2v) is 7.33. The molecule has 0 atom stereocenters. The Morgan fingerprint density at radius 3 is 2.52 bits per heavy atom. The first-order valence-electron chi connectivity index (χ1n) is 9.79. The van der Waals surface area contributed by atoms with Crippen LogP contribution >= 0.6 is 0 Å². The summed E-state index contributed by atoms with van der Waals surface area (Å²) in [4.78, 5) is 24.8. The van der Waals surface area contributed by atoms with Crippen molar-refractivity contribution in [2.75, 3.05) is 11.9 Å². The van der Waals surface area contributed by atoms with Gasteiger partial charge in [0.2, 0.25) is 5.91 Å². The van der Waals surface area contributed by atoms with Crippen LogP contribution in [0.1, 0.15) is 36.2 Å². The van der Waals surface area contributed by atoms with Gasteiger partial charge in [0.05, 0.1) is 23.1 Å². The number of nitrogens with one attached hydrogen (secondary N) is 2. The maximum atomic E-state index is 12.4. The molecule has 0 spiro atoms. The lowest BCUT2D eigenvalue weighted by atomic mass is 10.1. The number of hydrogen-bond donors (Lipinski definition) is 2. The smallest absolute Gasteiger partial charge is 0.253 e. The molecule has 0 saturated heterocycles. The van der Waals surface area contributed by atoms with Crippen molar-refractivity contribution in [2.24, 2.45) is 5.92 Å². The molecule has 0 bridgehead atoms. The van der Waals surface area contributed by atoms with E-state index in [2.05, 4.69) is 15.7 Å². The normalized spacial score (nSPS) is 10.7. The number of nitrogens with zero attached hydrogens (tertiary/aromatic N) is 2. The highest BCUT2D eigenvalue weighted by molar-refractivity contribution is 6.03. The molecule has 6 heteroatoms. The zero-order chi connectivity index (χ0) is 20.6. The highest BCUT2D eigenvalue weighted by Gasteiger charge is 2.13. The Morgan fingerprint density at radius 1 is 1.03 bits per heavy atom. The van der Waals surface area contributed by atoms with Crippen molar-refractivity contribution in [2.45, 2.75) is 26.7 Å². The first-order chi connectivity index (χ1) is 14.0. The van der Waals surface area contributed by atoms with Gasteiger partial charge in [-0.05, 0) is 42.2 Å². The maximum absolute atomic E-state index is 12.4. The van der Waals surface area contributed by atoms with Gasteiger partial charge in [-0.2, -0.15) is 5.10 Å². The SMILES string of the molecule is CC(C)CNC(=O)c1ccccc1NC(=O)CCc1cnn(-c2ccccc2)c1. The number of anilines is 1. The number of rotatable bonds is 8. The van der Waals surface area contributed by atoms with Gasteiger partial charge in [-0.15, -0.1) is 0 Å². The summed E-state index contributed by atoms with van der Waals surface area (Å²) in [6.07, 6.45) is 4.58. The van der Waals surface area contributed by atoms with Crippen LogP contribution in [0.4, 0.5) is 5.69 Å². The van der Waals surface area contributed by atoms with E-state index in [1.165, 1.54) is 0 Å². The Balaban J connectivity index is 1.58. The fraction of sp³-hybridized carbons (Fsp3) is 0.261. The lowest BCUT2D eigenvalue weighted by Crippen LogP contribution is -2.28. The fourth-order valence-corrected chi connectivity index (χ4v) is 2.86. The summed E-state index contributed by atoms with van der Waals surface area (Å²) in [7, 11) is 0. The van der Waals surface area contributed by atoms with Crippen molar-refractivity contribution < 1.29 is 9.59 Å². The van der Waals surface area contributed by atoms with Gasteiger partial charge >= 0.3 is 0 Å². The number of para-hydroxylation sites is 2. The van der Waals surface area contributed by atoms with Crippen LogP contribution in [0.3, 0.4) is 0 Å². The van der Waals surface area contributed by atoms with Crippen LogP contribution in [-0.4, -0.2) is 28.1 Å². The van der Waals surface area contributed by atoms with Gasteiger partial charge in [0.25, 0.3) is 5.91 Å². The molecule has 3 rings (SSSR count). The molecule has 0 aliphatic carbocycles. The number of carbonyl (C=O) groups is 2. The summed E-state index contributed by atoms with van der Waals surface area (Å²) in [5.74, 6) is 0.0396. The third-order valence-corrected chi connectivity index (χ3v) is 4.41. The number of carbonyl (C=O) groups excluding carboxylic acids is 2. The third-order valence-electron chi connectivity index (χ3n) is 4.41. The first kappa shape index (κ1) is 20.3. The van der Waals surface area contributed by atoms with Crippen LogP contribution in [0.15, 0.2) is 67.0 Å². The number of benzene rings is 2. The van der Waals surface area contributed by atoms with Gasteiger partial charge < -0.3 is 10.6 Å². The lowest BCUT2D eigenvalue weighted by Gasteiger charge is -2.12. The fourth-order valence-electron chi connectivity index (χ4n) is 2.86. The molecule has 0 aliphatic heterocycles. The predicted octanol–water partition coefficient (Wildman–Crippen LogP) is 3.83. The Morgan fingerprint density at radius 2 is 1.76 bits per heavy atom. The highest BCUT2D eigenvalue weighted by atomic mass is 16.2. The van der Waals surface area contributed by atoms with E-state index in [4.69, 9.17) is 0 Å². The molecule has 1 heterocycles. The number of amides is 2. The lowest BCUT2D eigenvalue weighted by molar-refractivity contribution is -0.116. The van der Waals surface area contributed by atoms with Crippen molar-refractivity contribution in [1.29, 1.82) is 0 Å². The number of hydrogen-bond acceptors (Lipinski definition) is 3. The maximum Gasteiger partial charge on any atom is 0.253 e. The molecule has 150 valence electrons. The second-order valence-electron chi connectivity index (χ2n) is 7.33. The molecule has 2 N–H and O–H groups in total. The molecular formula is C23H26N4O2. The predicted molar refractivity (Wildman–Crippen MR) is 114 cm³/mol. The average molecular weight is 390 g/mol. The van der Waals surface area contributed by atoms with Gasteiger partial charge in [0.1, 0.15) is 0 Å². The van der Waals surface area contributed by atoms with Crippen LogP contribution in [0, 0.1) is 5.92 Å². The molecule has 0 aliphatic rings. The minimum Gasteiger partial charge on any atom is -0.352 e. The van der Waals surface area contributed by atoms with Crippen molar-refractivity contribution in [3.05, 3.63) is 78.1 Å². The molecule has 2 aromatic carbocycles. The van der Waals surface area contributed by atoms with Gasteiger partial charge in [-0.1, -0.05) is 44.2 Å². The van der Waals surface area contributed by atoms with Crippen LogP contribution in [0.5, 0.6) is 0 Å². The molecule has 3 aromatic rings. The zero-order valence-electron chi connectivity index (χ0n) is 16.8. The molecule has 29 heavy (non-hydrogen) atoms. The van der Waals surface area contributed by atoms with Crippen LogP contribution < -0.4 is 10.6 Å². The van der Waals surface area contributed by atoms with Gasteiger partial charge in [0.15, 0.2) is 0 Å². The van der Waals surface area contributed by atoms with Crippen molar-refractivity contribution in [1.82, 2.24) is 15.1 Å². The summed E-state index contributed by atoms with van der Waals surface area (Å²) >= 11 is 0. The second kappa shape index (κ2) is 9.68. The van der Waals surface area contributed by atoms with E-state index >= 15 is 0 Å². The van der Waals surface area contributed by atoms with E-state index in [-0.39, 0.29) is 11.8 Å². The van der Waals surface area contributed by atoms with E-state index in [9.17, 15) is 9.59 Å². The Kier molecular flexibility index (Phi) is 6.79. The summed E-state index contributed by atoms with van der Waals surface area (Å²) in [6, 6.07) is 16.9. The molecule has 1 aromatic heterocycles. The summed E-state index contributed by atoms with van der Waals surface area (Å²) in [6.45, 7) is 4.66. The van der Waals surface area contributed by atoms with Gasteiger partial charge in [0, 0.05) is 19.2 Å². The highest BCUT2D eigenvalue weighted by Crippen LogP contribution is 2.16. The third kappa shape index (κ3) is 5.78.